The van der Waals surface area contributed by atoms with Crippen molar-refractivity contribution in [3.63, 3.8) is 0 Å². The van der Waals surface area contributed by atoms with E-state index in [2.05, 4.69) is 6.58 Å². The highest BCUT2D eigenvalue weighted by Crippen LogP contribution is 2.43. The minimum Gasteiger partial charge on any atom is -0.462 e. The number of cyclic esters (lactones) is 1. The maximum atomic E-state index is 11.1. The van der Waals surface area contributed by atoms with E-state index in [4.69, 9.17) is 4.74 Å². The second-order valence-corrected chi connectivity index (χ2v) is 3.57. The van der Waals surface area contributed by atoms with Crippen LogP contribution < -0.4 is 0 Å². The molecule has 0 spiro atoms. The lowest BCUT2D eigenvalue weighted by Crippen LogP contribution is -2.11. The number of fused-ring (bicyclic) bond motifs is 1. The summed E-state index contributed by atoms with van der Waals surface area (Å²) in [6.07, 6.45) is 1.96. The molecule has 0 bridgehead atoms. The van der Waals surface area contributed by atoms with Crippen molar-refractivity contribution in [1.29, 1.82) is 0 Å². The predicted molar refractivity (Wildman–Crippen MR) is 40.9 cm³/mol. The van der Waals surface area contributed by atoms with Crippen LogP contribution in [0.1, 0.15) is 19.8 Å². The first-order valence-corrected chi connectivity index (χ1v) is 4.05. The third kappa shape index (κ3) is 0.889. The molecular formula is C9H12O2. The monoisotopic (exact) mass is 152 g/mol. The zero-order chi connectivity index (χ0) is 8.01. The second-order valence-electron chi connectivity index (χ2n) is 3.57. The fourth-order valence-electron chi connectivity index (χ4n) is 2.13. The Kier molecular flexibility index (Phi) is 1.31. The van der Waals surface area contributed by atoms with Gasteiger partial charge in [-0.25, -0.2) is 0 Å². The van der Waals surface area contributed by atoms with Gasteiger partial charge in [0.05, 0.1) is 5.92 Å². The molecule has 0 unspecified atom stereocenters. The first kappa shape index (κ1) is 6.89. The van der Waals surface area contributed by atoms with Crippen LogP contribution in [0.3, 0.4) is 0 Å². The van der Waals surface area contributed by atoms with E-state index in [0.29, 0.717) is 5.92 Å². The summed E-state index contributed by atoms with van der Waals surface area (Å²) in [6.45, 7) is 5.87. The molecule has 0 N–H and O–H groups in total. The molecule has 3 atom stereocenters. The van der Waals surface area contributed by atoms with Gasteiger partial charge in [-0.2, -0.15) is 0 Å². The molecule has 1 aliphatic carbocycles. The van der Waals surface area contributed by atoms with Gasteiger partial charge in [-0.1, -0.05) is 12.2 Å². The van der Waals surface area contributed by atoms with Crippen molar-refractivity contribution >= 4 is 5.97 Å². The number of esters is 1. The number of carbonyl (C=O) groups excluding carboxylic acids is 1. The van der Waals surface area contributed by atoms with Crippen molar-refractivity contribution in [2.45, 2.75) is 25.9 Å². The molecule has 2 fully saturated rings. The summed E-state index contributed by atoms with van der Waals surface area (Å²) in [5.74, 6) is 0.550. The first-order chi connectivity index (χ1) is 5.18. The molecule has 2 aliphatic rings. The maximum Gasteiger partial charge on any atom is 0.309 e. The standard InChI is InChI=1S/C9H12O2/c1-5-3-7-6(2)11-9(10)8(7)4-5/h6-8H,1,3-4H2,2H3/t6-,7+,8+/m0/s1. The summed E-state index contributed by atoms with van der Waals surface area (Å²) >= 11 is 0. The molecule has 0 radical (unpaired) electrons. The third-order valence-corrected chi connectivity index (χ3v) is 2.76. The van der Waals surface area contributed by atoms with Crippen molar-refractivity contribution in [3.8, 4) is 0 Å². The summed E-state index contributed by atoms with van der Waals surface area (Å²) in [6, 6.07) is 0. The van der Waals surface area contributed by atoms with Crippen LogP contribution in [0.25, 0.3) is 0 Å². The molecule has 60 valence electrons. The van der Waals surface area contributed by atoms with E-state index in [1.54, 1.807) is 0 Å². The molecule has 2 heteroatoms. The minimum absolute atomic E-state index is 0.0128. The van der Waals surface area contributed by atoms with Crippen LogP contribution in [0, 0.1) is 11.8 Å². The number of allylic oxidation sites excluding steroid dienone is 1. The van der Waals surface area contributed by atoms with E-state index < -0.39 is 0 Å². The van der Waals surface area contributed by atoms with Gasteiger partial charge >= 0.3 is 5.97 Å². The summed E-state index contributed by atoms with van der Waals surface area (Å²) in [7, 11) is 0. The van der Waals surface area contributed by atoms with Crippen molar-refractivity contribution < 1.29 is 9.53 Å². The van der Waals surface area contributed by atoms with E-state index >= 15 is 0 Å². The van der Waals surface area contributed by atoms with Crippen LogP contribution in [0.2, 0.25) is 0 Å². The highest BCUT2D eigenvalue weighted by atomic mass is 16.6. The number of rotatable bonds is 0. The van der Waals surface area contributed by atoms with Gasteiger partial charge in [0, 0.05) is 5.92 Å². The molecule has 0 aromatic heterocycles. The summed E-state index contributed by atoms with van der Waals surface area (Å²) in [4.78, 5) is 11.1. The van der Waals surface area contributed by atoms with Crippen molar-refractivity contribution in [2.24, 2.45) is 11.8 Å². The van der Waals surface area contributed by atoms with E-state index in [0.717, 1.165) is 12.8 Å². The Labute approximate surface area is 66.2 Å². The van der Waals surface area contributed by atoms with Gasteiger partial charge in [-0.3, -0.25) is 4.79 Å². The number of carbonyl (C=O) groups is 1. The van der Waals surface area contributed by atoms with Gasteiger partial charge in [0.15, 0.2) is 0 Å². The first-order valence-electron chi connectivity index (χ1n) is 4.05. The van der Waals surface area contributed by atoms with Gasteiger partial charge < -0.3 is 4.74 Å². The summed E-state index contributed by atoms with van der Waals surface area (Å²) < 4.78 is 5.10. The lowest BCUT2D eigenvalue weighted by atomic mass is 9.95. The molecule has 0 aromatic rings. The lowest BCUT2D eigenvalue weighted by Gasteiger charge is -2.08. The molecule has 1 aliphatic heterocycles. The smallest absolute Gasteiger partial charge is 0.309 e. The highest BCUT2D eigenvalue weighted by molar-refractivity contribution is 5.76. The van der Waals surface area contributed by atoms with Crippen LogP contribution in [0.4, 0.5) is 0 Å². The summed E-state index contributed by atoms with van der Waals surface area (Å²) in [5, 5.41) is 0. The molecule has 11 heavy (non-hydrogen) atoms. The quantitative estimate of drug-likeness (QED) is 0.388. The largest absolute Gasteiger partial charge is 0.462 e. The molecule has 2 nitrogen and oxygen atoms in total. The molecule has 1 heterocycles. The SMILES string of the molecule is C=C1C[C@@H]2[C@H](C)OC(=O)[C@@H]2C1. The van der Waals surface area contributed by atoms with Crippen molar-refractivity contribution in [1.82, 2.24) is 0 Å². The average Bonchev–Trinajstić information content (AvgIpc) is 2.38. The van der Waals surface area contributed by atoms with Crippen LogP contribution >= 0.6 is 0 Å². The van der Waals surface area contributed by atoms with E-state index in [-0.39, 0.29) is 18.0 Å². The lowest BCUT2D eigenvalue weighted by molar-refractivity contribution is -0.143. The highest BCUT2D eigenvalue weighted by Gasteiger charge is 2.46. The van der Waals surface area contributed by atoms with Crippen LogP contribution in [-0.4, -0.2) is 12.1 Å². The third-order valence-electron chi connectivity index (χ3n) is 2.76. The normalized spacial score (nSPS) is 42.5. The van der Waals surface area contributed by atoms with Crippen molar-refractivity contribution in [2.75, 3.05) is 0 Å². The zero-order valence-electron chi connectivity index (χ0n) is 6.67. The Bertz CT molecular complexity index is 220. The van der Waals surface area contributed by atoms with Gasteiger partial charge in [0.25, 0.3) is 0 Å². The van der Waals surface area contributed by atoms with Crippen LogP contribution in [0.15, 0.2) is 12.2 Å². The Morgan fingerprint density at radius 1 is 1.55 bits per heavy atom. The molecule has 0 amide bonds. The number of hydrogen-bond acceptors (Lipinski definition) is 2. The van der Waals surface area contributed by atoms with Gasteiger partial charge in [0.1, 0.15) is 6.10 Å². The van der Waals surface area contributed by atoms with Gasteiger partial charge in [-0.15, -0.1) is 0 Å². The molecular weight excluding hydrogens is 140 g/mol. The molecule has 1 saturated carbocycles. The maximum absolute atomic E-state index is 11.1. The number of hydrogen-bond donors (Lipinski definition) is 0. The van der Waals surface area contributed by atoms with E-state index in [1.165, 1.54) is 5.57 Å². The Morgan fingerprint density at radius 3 is 2.91 bits per heavy atom. The fourth-order valence-corrected chi connectivity index (χ4v) is 2.13. The molecule has 1 saturated heterocycles. The van der Waals surface area contributed by atoms with Gasteiger partial charge in [0.2, 0.25) is 0 Å². The topological polar surface area (TPSA) is 26.3 Å². The number of ether oxygens (including phenoxy) is 1. The average molecular weight is 152 g/mol. The summed E-state index contributed by atoms with van der Waals surface area (Å²) in [5.41, 5.74) is 1.21. The Balaban J connectivity index is 2.23. The molecule has 2 rings (SSSR count). The minimum atomic E-state index is -0.0128. The van der Waals surface area contributed by atoms with Crippen LogP contribution in [0.5, 0.6) is 0 Å². The predicted octanol–water partition coefficient (Wildman–Crippen LogP) is 1.51. The van der Waals surface area contributed by atoms with E-state index in [1.807, 2.05) is 6.92 Å². The molecule has 0 aromatic carbocycles. The van der Waals surface area contributed by atoms with Gasteiger partial charge in [-0.05, 0) is 19.8 Å². The Hall–Kier alpha value is -0.790. The second kappa shape index (κ2) is 2.10. The zero-order valence-corrected chi connectivity index (χ0v) is 6.67. The van der Waals surface area contributed by atoms with E-state index in [9.17, 15) is 4.79 Å². The fraction of sp³-hybridized carbons (Fsp3) is 0.667. The van der Waals surface area contributed by atoms with Crippen molar-refractivity contribution in [3.05, 3.63) is 12.2 Å². The van der Waals surface area contributed by atoms with Crippen LogP contribution in [-0.2, 0) is 9.53 Å². The Morgan fingerprint density at radius 2 is 2.27 bits per heavy atom.